The highest BCUT2D eigenvalue weighted by atomic mass is 19.1. The largest absolute Gasteiger partial charge is 0.478 e. The van der Waals surface area contributed by atoms with Crippen LogP contribution in [0.15, 0.2) is 42.5 Å². The van der Waals surface area contributed by atoms with E-state index in [2.05, 4.69) is 5.32 Å². The van der Waals surface area contributed by atoms with E-state index in [1.807, 2.05) is 0 Å². The number of carbonyl (C=O) groups is 1. The average molecular weight is 246 g/mol. The number of nitrogen functional groups attached to an aromatic ring is 1. The average Bonchev–Trinajstić information content (AvgIpc) is 2.31. The van der Waals surface area contributed by atoms with Crippen molar-refractivity contribution in [2.75, 3.05) is 11.1 Å². The number of nitrogens with two attached hydrogens (primary N) is 1. The van der Waals surface area contributed by atoms with Gasteiger partial charge in [0.2, 0.25) is 0 Å². The number of hydrogen-bond donors (Lipinski definition) is 3. The fourth-order valence-corrected chi connectivity index (χ4v) is 1.55. The molecule has 0 amide bonds. The summed E-state index contributed by atoms with van der Waals surface area (Å²) in [4.78, 5) is 10.9. The lowest BCUT2D eigenvalue weighted by Gasteiger charge is -2.08. The van der Waals surface area contributed by atoms with Crippen LogP contribution in [0.3, 0.4) is 0 Å². The monoisotopic (exact) mass is 246 g/mol. The van der Waals surface area contributed by atoms with Crippen LogP contribution in [-0.2, 0) is 0 Å². The minimum absolute atomic E-state index is 0.0106. The third-order valence-electron chi connectivity index (χ3n) is 2.40. The smallest absolute Gasteiger partial charge is 0.337 e. The predicted octanol–water partition coefficient (Wildman–Crippen LogP) is 2.85. The van der Waals surface area contributed by atoms with Gasteiger partial charge in [-0.3, -0.25) is 0 Å². The molecular formula is C13H11FN2O2. The maximum Gasteiger partial charge on any atom is 0.337 e. The number of aromatic carboxylic acids is 1. The Labute approximate surface area is 103 Å². The number of carboxylic acid groups (broad SMARTS) is 1. The Kier molecular flexibility index (Phi) is 3.14. The van der Waals surface area contributed by atoms with Gasteiger partial charge in [-0.1, -0.05) is 6.07 Å². The topological polar surface area (TPSA) is 75.3 Å². The molecule has 4 nitrogen and oxygen atoms in total. The fraction of sp³-hybridized carbons (Fsp3) is 0. The highest BCUT2D eigenvalue weighted by Gasteiger charge is 2.08. The number of anilines is 3. The Hall–Kier alpha value is -2.56. The van der Waals surface area contributed by atoms with E-state index in [1.165, 1.54) is 24.3 Å². The summed E-state index contributed by atoms with van der Waals surface area (Å²) >= 11 is 0. The summed E-state index contributed by atoms with van der Waals surface area (Å²) in [6, 6.07) is 10.4. The maximum atomic E-state index is 13.0. The van der Waals surface area contributed by atoms with Crippen molar-refractivity contribution in [3.8, 4) is 0 Å². The molecule has 0 fully saturated rings. The van der Waals surface area contributed by atoms with E-state index in [0.29, 0.717) is 11.4 Å². The first-order chi connectivity index (χ1) is 8.56. The standard InChI is InChI=1S/C13H11FN2O2/c14-8-2-1-3-9(6-8)16-10-4-5-12(15)11(7-10)13(17)18/h1-7,16H,15H2,(H,17,18). The number of nitrogens with one attached hydrogen (secondary N) is 1. The lowest BCUT2D eigenvalue weighted by Crippen LogP contribution is -2.03. The van der Waals surface area contributed by atoms with E-state index in [4.69, 9.17) is 10.8 Å². The van der Waals surface area contributed by atoms with Gasteiger partial charge in [0.05, 0.1) is 5.56 Å². The lowest BCUT2D eigenvalue weighted by atomic mass is 10.1. The third kappa shape index (κ3) is 2.57. The zero-order valence-electron chi connectivity index (χ0n) is 9.35. The van der Waals surface area contributed by atoms with E-state index in [9.17, 15) is 9.18 Å². The van der Waals surface area contributed by atoms with Crippen LogP contribution in [-0.4, -0.2) is 11.1 Å². The third-order valence-corrected chi connectivity index (χ3v) is 2.40. The lowest BCUT2D eigenvalue weighted by molar-refractivity contribution is 0.0698. The van der Waals surface area contributed by atoms with Gasteiger partial charge in [0.1, 0.15) is 5.82 Å². The molecule has 4 N–H and O–H groups in total. The zero-order valence-corrected chi connectivity index (χ0v) is 9.35. The van der Waals surface area contributed by atoms with Crippen molar-refractivity contribution >= 4 is 23.0 Å². The van der Waals surface area contributed by atoms with Gasteiger partial charge in [-0.2, -0.15) is 0 Å². The molecule has 2 aromatic carbocycles. The second kappa shape index (κ2) is 4.75. The van der Waals surface area contributed by atoms with E-state index < -0.39 is 5.97 Å². The van der Waals surface area contributed by atoms with Crippen LogP contribution in [0.1, 0.15) is 10.4 Å². The Morgan fingerprint density at radius 1 is 1.17 bits per heavy atom. The second-order valence-electron chi connectivity index (χ2n) is 3.74. The molecule has 0 unspecified atom stereocenters. The van der Waals surface area contributed by atoms with Crippen LogP contribution in [0.25, 0.3) is 0 Å². The molecule has 18 heavy (non-hydrogen) atoms. The van der Waals surface area contributed by atoms with Gasteiger partial charge in [0.25, 0.3) is 0 Å². The highest BCUT2D eigenvalue weighted by Crippen LogP contribution is 2.22. The molecule has 2 aromatic rings. The number of benzene rings is 2. The van der Waals surface area contributed by atoms with Crippen molar-refractivity contribution in [3.63, 3.8) is 0 Å². The molecule has 5 heteroatoms. The van der Waals surface area contributed by atoms with E-state index in [-0.39, 0.29) is 17.1 Å². The Morgan fingerprint density at radius 3 is 2.56 bits per heavy atom. The second-order valence-corrected chi connectivity index (χ2v) is 3.74. The Bertz CT molecular complexity index is 599. The predicted molar refractivity (Wildman–Crippen MR) is 67.5 cm³/mol. The molecule has 0 saturated heterocycles. The van der Waals surface area contributed by atoms with Gasteiger partial charge in [-0.15, -0.1) is 0 Å². The molecule has 0 bridgehead atoms. The molecule has 0 saturated carbocycles. The molecule has 0 radical (unpaired) electrons. The van der Waals surface area contributed by atoms with Crippen molar-refractivity contribution in [3.05, 3.63) is 53.8 Å². The normalized spacial score (nSPS) is 10.1. The summed E-state index contributed by atoms with van der Waals surface area (Å²) in [5.41, 5.74) is 6.81. The first-order valence-electron chi connectivity index (χ1n) is 5.21. The van der Waals surface area contributed by atoms with Gasteiger partial charge < -0.3 is 16.2 Å². The van der Waals surface area contributed by atoms with Gasteiger partial charge in [-0.25, -0.2) is 9.18 Å². The van der Waals surface area contributed by atoms with Crippen LogP contribution < -0.4 is 11.1 Å². The Morgan fingerprint density at radius 2 is 1.89 bits per heavy atom. The number of hydrogen-bond acceptors (Lipinski definition) is 3. The van der Waals surface area contributed by atoms with Crippen molar-refractivity contribution in [2.45, 2.75) is 0 Å². The minimum atomic E-state index is -1.10. The quantitative estimate of drug-likeness (QED) is 0.728. The maximum absolute atomic E-state index is 13.0. The molecule has 2 rings (SSSR count). The van der Waals surface area contributed by atoms with E-state index in [1.54, 1.807) is 18.2 Å². The number of rotatable bonds is 3. The number of carboxylic acids is 1. The summed E-state index contributed by atoms with van der Waals surface area (Å²) < 4.78 is 13.0. The van der Waals surface area contributed by atoms with Crippen molar-refractivity contribution < 1.29 is 14.3 Å². The first-order valence-corrected chi connectivity index (χ1v) is 5.21. The van der Waals surface area contributed by atoms with E-state index >= 15 is 0 Å². The SMILES string of the molecule is Nc1ccc(Nc2cccc(F)c2)cc1C(=O)O. The summed E-state index contributed by atoms with van der Waals surface area (Å²) in [6.45, 7) is 0. The van der Waals surface area contributed by atoms with Gasteiger partial charge in [0, 0.05) is 17.1 Å². The highest BCUT2D eigenvalue weighted by molar-refractivity contribution is 5.95. The van der Waals surface area contributed by atoms with Crippen LogP contribution in [0, 0.1) is 5.82 Å². The first kappa shape index (κ1) is 11.9. The minimum Gasteiger partial charge on any atom is -0.478 e. The van der Waals surface area contributed by atoms with Crippen LogP contribution in [0.5, 0.6) is 0 Å². The van der Waals surface area contributed by atoms with Crippen molar-refractivity contribution in [1.29, 1.82) is 0 Å². The van der Waals surface area contributed by atoms with Gasteiger partial charge in [0.15, 0.2) is 0 Å². The van der Waals surface area contributed by atoms with E-state index in [0.717, 1.165) is 0 Å². The van der Waals surface area contributed by atoms with Crippen molar-refractivity contribution in [2.24, 2.45) is 0 Å². The molecule has 0 aliphatic carbocycles. The molecule has 0 aliphatic rings. The summed E-state index contributed by atoms with van der Waals surface area (Å²) in [6.07, 6.45) is 0. The van der Waals surface area contributed by atoms with Crippen LogP contribution >= 0.6 is 0 Å². The Balaban J connectivity index is 2.30. The summed E-state index contributed by atoms with van der Waals surface area (Å²) in [5.74, 6) is -1.47. The molecular weight excluding hydrogens is 235 g/mol. The molecule has 0 atom stereocenters. The van der Waals surface area contributed by atoms with Gasteiger partial charge >= 0.3 is 5.97 Å². The van der Waals surface area contributed by atoms with Crippen molar-refractivity contribution in [1.82, 2.24) is 0 Å². The summed E-state index contributed by atoms with van der Waals surface area (Å²) in [7, 11) is 0. The molecule has 92 valence electrons. The number of halogens is 1. The molecule has 0 heterocycles. The molecule has 0 aliphatic heterocycles. The van der Waals surface area contributed by atoms with Gasteiger partial charge in [-0.05, 0) is 36.4 Å². The van der Waals surface area contributed by atoms with Crippen LogP contribution in [0.2, 0.25) is 0 Å². The van der Waals surface area contributed by atoms with Crippen LogP contribution in [0.4, 0.5) is 21.5 Å². The molecule has 0 aromatic heterocycles. The summed E-state index contributed by atoms with van der Waals surface area (Å²) in [5, 5.41) is 11.8. The zero-order chi connectivity index (χ0) is 13.1. The molecule has 0 spiro atoms. The fourth-order valence-electron chi connectivity index (χ4n) is 1.55.